The molecule has 2 aromatic rings. The molecule has 0 aliphatic carbocycles. The van der Waals surface area contributed by atoms with Crippen LogP contribution in [0.4, 0.5) is 5.69 Å². The van der Waals surface area contributed by atoms with Crippen LogP contribution in [0.5, 0.6) is 0 Å². The van der Waals surface area contributed by atoms with Gasteiger partial charge in [-0.3, -0.25) is 9.48 Å². The second-order valence-corrected chi connectivity index (χ2v) is 4.62. The third kappa shape index (κ3) is 3.34. The molecule has 0 aliphatic heterocycles. The summed E-state index contributed by atoms with van der Waals surface area (Å²) in [4.78, 5) is 11.9. The van der Waals surface area contributed by atoms with Crippen LogP contribution in [-0.4, -0.2) is 15.7 Å². The predicted molar refractivity (Wildman–Crippen MR) is 74.4 cm³/mol. The van der Waals surface area contributed by atoms with Crippen molar-refractivity contribution in [2.45, 2.75) is 26.4 Å². The summed E-state index contributed by atoms with van der Waals surface area (Å²) in [6.45, 7) is 4.18. The topological polar surface area (TPSA) is 72.9 Å². The molecule has 1 heterocycles. The van der Waals surface area contributed by atoms with Crippen molar-refractivity contribution in [3.05, 3.63) is 47.8 Å². The van der Waals surface area contributed by atoms with E-state index in [1.165, 1.54) is 16.4 Å². The highest BCUT2D eigenvalue weighted by Gasteiger charge is 2.11. The summed E-state index contributed by atoms with van der Waals surface area (Å²) in [5.74, 6) is -0.0844. The van der Waals surface area contributed by atoms with E-state index in [1.54, 1.807) is 6.20 Å². The summed E-state index contributed by atoms with van der Waals surface area (Å²) in [6.07, 6.45) is 3.16. The van der Waals surface area contributed by atoms with E-state index in [-0.39, 0.29) is 18.5 Å². The Hall–Kier alpha value is -2.30. The number of hydrogen-bond acceptors (Lipinski definition) is 3. The Labute approximate surface area is 112 Å². The number of nitrogens with zero attached hydrogens (tertiary/aromatic N) is 2. The number of carbonyl (C=O) groups is 1. The molecule has 1 amide bonds. The van der Waals surface area contributed by atoms with Crippen molar-refractivity contribution in [2.24, 2.45) is 0 Å². The molecule has 0 spiro atoms. The van der Waals surface area contributed by atoms with E-state index in [1.807, 2.05) is 38.1 Å². The van der Waals surface area contributed by atoms with E-state index in [0.717, 1.165) is 5.56 Å². The molecule has 1 atom stereocenters. The van der Waals surface area contributed by atoms with E-state index in [9.17, 15) is 4.79 Å². The van der Waals surface area contributed by atoms with Crippen LogP contribution in [0.2, 0.25) is 0 Å². The zero-order valence-corrected chi connectivity index (χ0v) is 11.1. The highest BCUT2D eigenvalue weighted by Crippen LogP contribution is 2.16. The number of hydrogen-bond donors (Lipinski definition) is 2. The van der Waals surface area contributed by atoms with Gasteiger partial charge in [0.25, 0.3) is 0 Å². The monoisotopic (exact) mass is 258 g/mol. The lowest BCUT2D eigenvalue weighted by Crippen LogP contribution is -2.30. The van der Waals surface area contributed by atoms with Crippen molar-refractivity contribution in [2.75, 3.05) is 5.73 Å². The maximum Gasteiger partial charge on any atom is 0.242 e. The van der Waals surface area contributed by atoms with Crippen LogP contribution in [0.15, 0.2) is 36.7 Å². The van der Waals surface area contributed by atoms with Gasteiger partial charge in [0.15, 0.2) is 0 Å². The largest absolute Gasteiger partial charge is 0.396 e. The molecule has 3 N–H and O–H groups in total. The lowest BCUT2D eigenvalue weighted by atomic mass is 10.0. The van der Waals surface area contributed by atoms with Gasteiger partial charge in [-0.2, -0.15) is 5.10 Å². The predicted octanol–water partition coefficient (Wildman–Crippen LogP) is 1.65. The lowest BCUT2D eigenvalue weighted by molar-refractivity contribution is -0.122. The number of nitrogen functional groups attached to an aromatic ring is 1. The van der Waals surface area contributed by atoms with Gasteiger partial charge >= 0.3 is 0 Å². The van der Waals surface area contributed by atoms with Gasteiger partial charge in [-0.25, -0.2) is 0 Å². The number of aromatic nitrogens is 2. The molecule has 0 fully saturated rings. The van der Waals surface area contributed by atoms with Gasteiger partial charge in [0.2, 0.25) is 5.91 Å². The summed E-state index contributed by atoms with van der Waals surface area (Å²) in [5.41, 5.74) is 8.39. The van der Waals surface area contributed by atoms with Gasteiger partial charge in [-0.1, -0.05) is 24.3 Å². The maximum absolute atomic E-state index is 11.9. The summed E-state index contributed by atoms with van der Waals surface area (Å²) < 4.78 is 1.52. The maximum atomic E-state index is 11.9. The summed E-state index contributed by atoms with van der Waals surface area (Å²) in [6, 6.07) is 7.99. The minimum atomic E-state index is -0.0844. The number of benzene rings is 1. The molecular formula is C14H18N4O. The minimum Gasteiger partial charge on any atom is -0.396 e. The number of rotatable bonds is 4. The molecule has 5 nitrogen and oxygen atoms in total. The number of anilines is 1. The zero-order chi connectivity index (χ0) is 13.8. The Morgan fingerprint density at radius 1 is 1.47 bits per heavy atom. The van der Waals surface area contributed by atoms with Crippen LogP contribution in [0, 0.1) is 6.92 Å². The molecule has 0 radical (unpaired) electrons. The Bertz CT molecular complexity index is 576. The van der Waals surface area contributed by atoms with Crippen LogP contribution in [-0.2, 0) is 11.3 Å². The van der Waals surface area contributed by atoms with Crippen LogP contribution in [0.3, 0.4) is 0 Å². The van der Waals surface area contributed by atoms with Crippen molar-refractivity contribution >= 4 is 11.6 Å². The van der Waals surface area contributed by atoms with Crippen molar-refractivity contribution in [3.8, 4) is 0 Å². The number of aryl methyl sites for hydroxylation is 1. The zero-order valence-electron chi connectivity index (χ0n) is 11.1. The van der Waals surface area contributed by atoms with E-state index in [2.05, 4.69) is 10.4 Å². The fourth-order valence-electron chi connectivity index (χ4n) is 2.05. The van der Waals surface area contributed by atoms with Gasteiger partial charge < -0.3 is 11.1 Å². The average Bonchev–Trinajstić information content (AvgIpc) is 2.74. The Balaban J connectivity index is 1.97. The molecule has 0 saturated carbocycles. The van der Waals surface area contributed by atoms with E-state index < -0.39 is 0 Å². The minimum absolute atomic E-state index is 0.0263. The molecule has 19 heavy (non-hydrogen) atoms. The summed E-state index contributed by atoms with van der Waals surface area (Å²) >= 11 is 0. The number of amides is 1. The molecule has 1 aromatic heterocycles. The van der Waals surface area contributed by atoms with Gasteiger partial charge in [0.05, 0.1) is 17.9 Å². The first kappa shape index (κ1) is 13.1. The van der Waals surface area contributed by atoms with Crippen LogP contribution >= 0.6 is 0 Å². The third-order valence-corrected chi connectivity index (χ3v) is 2.99. The summed E-state index contributed by atoms with van der Waals surface area (Å²) in [5, 5.41) is 6.94. The van der Waals surface area contributed by atoms with Gasteiger partial charge in [0, 0.05) is 6.20 Å². The molecule has 0 aliphatic rings. The fraction of sp³-hybridized carbons (Fsp3) is 0.286. The average molecular weight is 258 g/mol. The van der Waals surface area contributed by atoms with E-state index in [0.29, 0.717) is 5.69 Å². The Kier molecular flexibility index (Phi) is 3.85. The molecule has 0 saturated heterocycles. The standard InChI is InChI=1S/C14H18N4O/c1-10-5-3-4-6-13(10)11(2)17-14(19)9-18-8-12(15)7-16-18/h3-8,11H,9,15H2,1-2H3,(H,17,19). The first-order valence-electron chi connectivity index (χ1n) is 6.19. The van der Waals surface area contributed by atoms with E-state index >= 15 is 0 Å². The number of nitrogens with one attached hydrogen (secondary N) is 1. The number of nitrogens with two attached hydrogens (primary N) is 1. The molecule has 100 valence electrons. The van der Waals surface area contributed by atoms with Crippen LogP contribution in [0.1, 0.15) is 24.1 Å². The number of carbonyl (C=O) groups excluding carboxylic acids is 1. The second kappa shape index (κ2) is 5.56. The molecular weight excluding hydrogens is 240 g/mol. The van der Waals surface area contributed by atoms with Crippen molar-refractivity contribution in [3.63, 3.8) is 0 Å². The quantitative estimate of drug-likeness (QED) is 0.875. The molecule has 1 aromatic carbocycles. The molecule has 5 heteroatoms. The Morgan fingerprint density at radius 2 is 2.21 bits per heavy atom. The lowest BCUT2D eigenvalue weighted by Gasteiger charge is -2.16. The highest BCUT2D eigenvalue weighted by atomic mass is 16.2. The highest BCUT2D eigenvalue weighted by molar-refractivity contribution is 5.76. The first-order valence-corrected chi connectivity index (χ1v) is 6.19. The van der Waals surface area contributed by atoms with Gasteiger partial charge in [-0.05, 0) is 25.0 Å². The van der Waals surface area contributed by atoms with Crippen molar-refractivity contribution < 1.29 is 4.79 Å². The normalized spacial score (nSPS) is 12.1. The fourth-order valence-corrected chi connectivity index (χ4v) is 2.05. The molecule has 0 bridgehead atoms. The first-order chi connectivity index (χ1) is 9.06. The van der Waals surface area contributed by atoms with Crippen molar-refractivity contribution in [1.82, 2.24) is 15.1 Å². The molecule has 1 unspecified atom stereocenters. The SMILES string of the molecule is Cc1ccccc1C(C)NC(=O)Cn1cc(N)cn1. The third-order valence-electron chi connectivity index (χ3n) is 2.99. The van der Waals surface area contributed by atoms with Crippen LogP contribution < -0.4 is 11.1 Å². The Morgan fingerprint density at radius 3 is 2.84 bits per heavy atom. The van der Waals surface area contributed by atoms with Gasteiger partial charge in [-0.15, -0.1) is 0 Å². The van der Waals surface area contributed by atoms with Crippen molar-refractivity contribution in [1.29, 1.82) is 0 Å². The smallest absolute Gasteiger partial charge is 0.242 e. The summed E-state index contributed by atoms with van der Waals surface area (Å²) in [7, 11) is 0. The van der Waals surface area contributed by atoms with E-state index in [4.69, 9.17) is 5.73 Å². The molecule has 2 rings (SSSR count). The van der Waals surface area contributed by atoms with Crippen LogP contribution in [0.25, 0.3) is 0 Å². The van der Waals surface area contributed by atoms with Gasteiger partial charge in [0.1, 0.15) is 6.54 Å². The second-order valence-electron chi connectivity index (χ2n) is 4.62.